The van der Waals surface area contributed by atoms with Gasteiger partial charge in [0.05, 0.1) is 12.2 Å². The smallest absolute Gasteiger partial charge is 0.0867 e. The summed E-state index contributed by atoms with van der Waals surface area (Å²) in [7, 11) is 0. The molecular formula is C16H24O3. The Bertz CT molecular complexity index is 360. The van der Waals surface area contributed by atoms with Crippen LogP contribution in [0.25, 0.3) is 0 Å². The topological polar surface area (TPSA) is 60.7 Å². The molecule has 19 heavy (non-hydrogen) atoms. The highest BCUT2D eigenvalue weighted by atomic mass is 16.3. The van der Waals surface area contributed by atoms with E-state index in [-0.39, 0.29) is 11.8 Å². The van der Waals surface area contributed by atoms with Crippen molar-refractivity contribution in [2.75, 3.05) is 6.61 Å². The molecule has 2 fully saturated rings. The van der Waals surface area contributed by atoms with Crippen LogP contribution in [0, 0.1) is 29.6 Å². The molecule has 3 N–H and O–H groups in total. The van der Waals surface area contributed by atoms with Crippen LogP contribution < -0.4 is 0 Å². The zero-order chi connectivity index (χ0) is 13.4. The Morgan fingerprint density at radius 1 is 0.789 bits per heavy atom. The van der Waals surface area contributed by atoms with Crippen molar-refractivity contribution in [3.63, 3.8) is 0 Å². The number of allylic oxidation sites excluding steroid dienone is 2. The normalized spacial score (nSPS) is 48.7. The van der Waals surface area contributed by atoms with Crippen LogP contribution in [-0.4, -0.2) is 34.1 Å². The van der Waals surface area contributed by atoms with E-state index in [1.807, 2.05) is 12.2 Å². The maximum absolute atomic E-state index is 9.19. The highest BCUT2D eigenvalue weighted by Gasteiger charge is 2.42. The summed E-state index contributed by atoms with van der Waals surface area (Å²) in [6.07, 6.45) is 12.4. The van der Waals surface area contributed by atoms with Crippen molar-refractivity contribution in [2.24, 2.45) is 29.6 Å². The van der Waals surface area contributed by atoms with E-state index in [0.29, 0.717) is 6.61 Å². The van der Waals surface area contributed by atoms with E-state index in [4.69, 9.17) is 5.11 Å². The van der Waals surface area contributed by atoms with Crippen molar-refractivity contribution in [3.05, 3.63) is 24.3 Å². The van der Waals surface area contributed by atoms with Crippen LogP contribution in [-0.2, 0) is 0 Å². The standard InChI is InChI=1S/C9H14O.C7H10O2/c10-4-3-9-6-7-1-2-8(9)5-7;8-6-4-1-2-5(3-4)7(6)9/h1-2,7-10H,3-6H2;1-2,4-9H,3H2. The molecule has 7 atom stereocenters. The quantitative estimate of drug-likeness (QED) is 0.662. The van der Waals surface area contributed by atoms with Crippen LogP contribution in [0.1, 0.15) is 25.7 Å². The maximum Gasteiger partial charge on any atom is 0.0867 e. The van der Waals surface area contributed by atoms with Gasteiger partial charge < -0.3 is 15.3 Å². The molecule has 0 aromatic heterocycles. The lowest BCUT2D eigenvalue weighted by atomic mass is 9.91. The van der Waals surface area contributed by atoms with Crippen molar-refractivity contribution in [1.82, 2.24) is 0 Å². The number of rotatable bonds is 2. The fourth-order valence-corrected chi connectivity index (χ4v) is 4.16. The van der Waals surface area contributed by atoms with Crippen molar-refractivity contribution in [2.45, 2.75) is 37.9 Å². The number of hydrogen-bond donors (Lipinski definition) is 3. The molecule has 0 heterocycles. The number of hydrogen-bond acceptors (Lipinski definition) is 3. The Hall–Kier alpha value is -0.640. The monoisotopic (exact) mass is 264 g/mol. The molecular weight excluding hydrogens is 240 g/mol. The molecule has 106 valence electrons. The first-order valence-electron chi connectivity index (χ1n) is 7.52. The molecule has 4 aliphatic carbocycles. The Morgan fingerprint density at radius 3 is 1.79 bits per heavy atom. The van der Waals surface area contributed by atoms with E-state index in [1.54, 1.807) is 0 Å². The molecule has 2 saturated carbocycles. The first-order valence-corrected chi connectivity index (χ1v) is 7.52. The van der Waals surface area contributed by atoms with Crippen LogP contribution in [0.2, 0.25) is 0 Å². The van der Waals surface area contributed by atoms with Crippen LogP contribution in [0.3, 0.4) is 0 Å². The molecule has 4 rings (SSSR count). The molecule has 0 aliphatic heterocycles. The molecule has 0 aromatic carbocycles. The van der Waals surface area contributed by atoms with Gasteiger partial charge in [-0.05, 0) is 43.4 Å². The van der Waals surface area contributed by atoms with E-state index in [0.717, 1.165) is 30.6 Å². The van der Waals surface area contributed by atoms with E-state index in [9.17, 15) is 10.2 Å². The molecule has 0 amide bonds. The minimum Gasteiger partial charge on any atom is -0.396 e. The predicted molar refractivity (Wildman–Crippen MR) is 73.3 cm³/mol. The Kier molecular flexibility index (Phi) is 3.79. The zero-order valence-corrected chi connectivity index (χ0v) is 11.2. The van der Waals surface area contributed by atoms with Gasteiger partial charge in [0.15, 0.2) is 0 Å². The van der Waals surface area contributed by atoms with Gasteiger partial charge in [0.1, 0.15) is 0 Å². The lowest BCUT2D eigenvalue weighted by Crippen LogP contribution is -2.29. The first-order chi connectivity index (χ1) is 9.19. The molecule has 3 heteroatoms. The second-order valence-corrected chi connectivity index (χ2v) is 6.48. The summed E-state index contributed by atoms with van der Waals surface area (Å²) in [5, 5.41) is 27.1. The summed E-state index contributed by atoms with van der Waals surface area (Å²) in [6, 6.07) is 0. The molecule has 0 spiro atoms. The lowest BCUT2D eigenvalue weighted by Gasteiger charge is -2.17. The van der Waals surface area contributed by atoms with E-state index < -0.39 is 12.2 Å². The Labute approximate surface area is 114 Å². The number of aliphatic hydroxyl groups is 3. The van der Waals surface area contributed by atoms with Crippen LogP contribution in [0.15, 0.2) is 24.3 Å². The number of aliphatic hydroxyl groups excluding tert-OH is 3. The van der Waals surface area contributed by atoms with Gasteiger partial charge in [-0.25, -0.2) is 0 Å². The van der Waals surface area contributed by atoms with E-state index >= 15 is 0 Å². The van der Waals surface area contributed by atoms with Gasteiger partial charge in [0, 0.05) is 18.4 Å². The van der Waals surface area contributed by atoms with Crippen LogP contribution in [0.4, 0.5) is 0 Å². The Morgan fingerprint density at radius 2 is 1.42 bits per heavy atom. The average Bonchev–Trinajstić information content (AvgIpc) is 3.15. The largest absolute Gasteiger partial charge is 0.396 e. The Balaban J connectivity index is 0.000000117. The van der Waals surface area contributed by atoms with Crippen LogP contribution in [0.5, 0.6) is 0 Å². The van der Waals surface area contributed by atoms with Crippen molar-refractivity contribution in [1.29, 1.82) is 0 Å². The van der Waals surface area contributed by atoms with Gasteiger partial charge in [-0.1, -0.05) is 24.3 Å². The third-order valence-corrected chi connectivity index (χ3v) is 5.29. The van der Waals surface area contributed by atoms with Crippen molar-refractivity contribution < 1.29 is 15.3 Å². The van der Waals surface area contributed by atoms with Gasteiger partial charge in [-0.15, -0.1) is 0 Å². The third kappa shape index (κ3) is 2.51. The van der Waals surface area contributed by atoms with Gasteiger partial charge in [0.2, 0.25) is 0 Å². The molecule has 0 saturated heterocycles. The minimum absolute atomic E-state index is 0.241. The van der Waals surface area contributed by atoms with Crippen molar-refractivity contribution in [3.8, 4) is 0 Å². The third-order valence-electron chi connectivity index (χ3n) is 5.29. The second kappa shape index (κ2) is 5.39. The lowest BCUT2D eigenvalue weighted by molar-refractivity contribution is 0.0135. The molecule has 0 aromatic rings. The van der Waals surface area contributed by atoms with Gasteiger partial charge in [0.25, 0.3) is 0 Å². The molecule has 0 radical (unpaired) electrons. The first kappa shape index (κ1) is 13.3. The van der Waals surface area contributed by atoms with Gasteiger partial charge in [-0.3, -0.25) is 0 Å². The fourth-order valence-electron chi connectivity index (χ4n) is 4.16. The van der Waals surface area contributed by atoms with E-state index in [1.165, 1.54) is 12.8 Å². The van der Waals surface area contributed by atoms with Crippen molar-refractivity contribution >= 4 is 0 Å². The second-order valence-electron chi connectivity index (χ2n) is 6.48. The molecule has 4 bridgehead atoms. The summed E-state index contributed by atoms with van der Waals surface area (Å²) in [6.45, 7) is 0.377. The predicted octanol–water partition coefficient (Wildman–Crippen LogP) is 1.50. The summed E-state index contributed by atoms with van der Waals surface area (Å²) < 4.78 is 0. The molecule has 3 nitrogen and oxygen atoms in total. The summed E-state index contributed by atoms with van der Waals surface area (Å²) >= 11 is 0. The van der Waals surface area contributed by atoms with Gasteiger partial charge >= 0.3 is 0 Å². The summed E-state index contributed by atoms with van der Waals surface area (Å²) in [4.78, 5) is 0. The SMILES string of the molecule is OC1C2C=CC(C2)C1O.OCCC1CC2C=CC1C2. The summed E-state index contributed by atoms with van der Waals surface area (Å²) in [5.41, 5.74) is 0. The number of fused-ring (bicyclic) bond motifs is 4. The van der Waals surface area contributed by atoms with Crippen LogP contribution >= 0.6 is 0 Å². The molecule has 7 unspecified atom stereocenters. The average molecular weight is 264 g/mol. The highest BCUT2D eigenvalue weighted by Crippen LogP contribution is 2.44. The fraction of sp³-hybridized carbons (Fsp3) is 0.750. The minimum atomic E-state index is -0.486. The zero-order valence-electron chi connectivity index (χ0n) is 11.2. The van der Waals surface area contributed by atoms with Gasteiger partial charge in [-0.2, -0.15) is 0 Å². The maximum atomic E-state index is 9.19. The molecule has 4 aliphatic rings. The van der Waals surface area contributed by atoms with E-state index in [2.05, 4.69) is 12.2 Å². The summed E-state index contributed by atoms with van der Waals surface area (Å²) in [5.74, 6) is 2.97. The highest BCUT2D eigenvalue weighted by molar-refractivity contribution is 5.14.